The molecule has 2 heterocycles. The molecule has 2 N–H and O–H groups in total. The summed E-state index contributed by atoms with van der Waals surface area (Å²) in [6.45, 7) is 6.25. The Bertz CT molecular complexity index is 1010. The van der Waals surface area contributed by atoms with Gasteiger partial charge in [0.1, 0.15) is 11.6 Å². The lowest BCUT2D eigenvalue weighted by atomic mass is 10.1. The Morgan fingerprint density at radius 3 is 2.52 bits per heavy atom. The highest BCUT2D eigenvalue weighted by atomic mass is 35.5. The molecule has 1 atom stereocenters. The molecule has 33 heavy (non-hydrogen) atoms. The molecule has 1 aromatic carbocycles. The lowest BCUT2D eigenvalue weighted by Gasteiger charge is -2.23. The average Bonchev–Trinajstić information content (AvgIpc) is 3.25. The number of ether oxygens (including phenoxy) is 1. The Morgan fingerprint density at radius 2 is 1.82 bits per heavy atom. The van der Waals surface area contributed by atoms with E-state index in [1.807, 2.05) is 0 Å². The molecule has 0 aliphatic carbocycles. The minimum absolute atomic E-state index is 0.0718. The Balaban J connectivity index is 1.63. The number of halogens is 1. The molecule has 9 nitrogen and oxygen atoms in total. The molecule has 1 saturated heterocycles. The second-order valence-corrected chi connectivity index (χ2v) is 9.15. The van der Waals surface area contributed by atoms with E-state index in [0.29, 0.717) is 18.0 Å². The van der Waals surface area contributed by atoms with Gasteiger partial charge in [-0.15, -0.1) is 0 Å². The van der Waals surface area contributed by atoms with Crippen molar-refractivity contribution in [3.8, 4) is 0 Å². The molecule has 0 saturated carbocycles. The summed E-state index contributed by atoms with van der Waals surface area (Å²) in [5.74, 6) is -0.552. The van der Waals surface area contributed by atoms with Crippen LogP contribution in [-0.4, -0.2) is 51.0 Å². The number of carbonyl (C=O) groups excluding carboxylic acids is 3. The number of rotatable bonds is 6. The van der Waals surface area contributed by atoms with Crippen LogP contribution in [0.15, 0.2) is 36.7 Å². The van der Waals surface area contributed by atoms with Crippen LogP contribution >= 0.6 is 11.6 Å². The third-order valence-corrected chi connectivity index (χ3v) is 5.25. The van der Waals surface area contributed by atoms with Crippen LogP contribution in [0.5, 0.6) is 0 Å². The normalized spacial score (nSPS) is 15.8. The zero-order valence-corrected chi connectivity index (χ0v) is 19.7. The monoisotopic (exact) mass is 473 g/mol. The first-order valence-electron chi connectivity index (χ1n) is 10.7. The summed E-state index contributed by atoms with van der Waals surface area (Å²) in [6, 6.07) is 6.29. The van der Waals surface area contributed by atoms with Gasteiger partial charge in [0, 0.05) is 37.1 Å². The molecule has 1 aliphatic rings. The van der Waals surface area contributed by atoms with Gasteiger partial charge in [0.05, 0.1) is 0 Å². The molecule has 1 fully saturated rings. The second kappa shape index (κ2) is 10.6. The summed E-state index contributed by atoms with van der Waals surface area (Å²) >= 11 is 6.15. The summed E-state index contributed by atoms with van der Waals surface area (Å²) in [5, 5.41) is 6.12. The SMILES string of the molecule is CC(C)(C)OC(=O)NCc1ccc(Cl)cc1CNC(=O)[C@@H]1CCCN1C(=O)c1ncccn1. The maximum Gasteiger partial charge on any atom is 0.407 e. The molecule has 0 spiro atoms. The minimum atomic E-state index is -0.601. The maximum absolute atomic E-state index is 12.9. The lowest BCUT2D eigenvalue weighted by molar-refractivity contribution is -0.125. The fourth-order valence-corrected chi connectivity index (χ4v) is 3.73. The van der Waals surface area contributed by atoms with Crippen LogP contribution in [0.4, 0.5) is 4.79 Å². The quantitative estimate of drug-likeness (QED) is 0.666. The van der Waals surface area contributed by atoms with Crippen molar-refractivity contribution in [2.24, 2.45) is 0 Å². The number of alkyl carbamates (subject to hydrolysis) is 1. The summed E-state index contributed by atoms with van der Waals surface area (Å²) in [5.41, 5.74) is 0.952. The molecule has 0 bridgehead atoms. The van der Waals surface area contributed by atoms with Gasteiger partial charge in [-0.25, -0.2) is 14.8 Å². The lowest BCUT2D eigenvalue weighted by Crippen LogP contribution is -2.46. The summed E-state index contributed by atoms with van der Waals surface area (Å²) in [4.78, 5) is 47.1. The topological polar surface area (TPSA) is 114 Å². The van der Waals surface area contributed by atoms with E-state index >= 15 is 0 Å². The Morgan fingerprint density at radius 1 is 1.12 bits per heavy atom. The van der Waals surface area contributed by atoms with Crippen molar-refractivity contribution in [2.45, 2.75) is 58.3 Å². The second-order valence-electron chi connectivity index (χ2n) is 8.72. The van der Waals surface area contributed by atoms with Crippen LogP contribution in [0.25, 0.3) is 0 Å². The van der Waals surface area contributed by atoms with Crippen molar-refractivity contribution in [1.82, 2.24) is 25.5 Å². The van der Waals surface area contributed by atoms with Crippen LogP contribution < -0.4 is 10.6 Å². The Hall–Kier alpha value is -3.20. The Kier molecular flexibility index (Phi) is 7.86. The molecule has 1 aliphatic heterocycles. The standard InChI is InChI=1S/C23H28ClN5O4/c1-23(2,3)33-22(32)28-13-15-7-8-17(24)12-16(15)14-27-20(30)18-6-4-11-29(18)21(31)19-25-9-5-10-26-19/h5,7-10,12,18H,4,6,11,13-14H2,1-3H3,(H,27,30)(H,28,32)/t18-/m0/s1. The number of benzene rings is 1. The highest BCUT2D eigenvalue weighted by molar-refractivity contribution is 6.30. The van der Waals surface area contributed by atoms with Crippen LogP contribution in [-0.2, 0) is 22.6 Å². The van der Waals surface area contributed by atoms with Gasteiger partial charge in [0.2, 0.25) is 11.7 Å². The van der Waals surface area contributed by atoms with E-state index in [9.17, 15) is 14.4 Å². The predicted molar refractivity (Wildman–Crippen MR) is 122 cm³/mol. The fourth-order valence-electron chi connectivity index (χ4n) is 3.53. The van der Waals surface area contributed by atoms with Crippen LogP contribution in [0, 0.1) is 0 Å². The van der Waals surface area contributed by atoms with E-state index < -0.39 is 17.7 Å². The molecular weight excluding hydrogens is 446 g/mol. The molecule has 2 aromatic rings. The van der Waals surface area contributed by atoms with Gasteiger partial charge in [0.15, 0.2) is 0 Å². The van der Waals surface area contributed by atoms with E-state index in [0.717, 1.165) is 17.5 Å². The van der Waals surface area contributed by atoms with Crippen molar-refractivity contribution < 1.29 is 19.1 Å². The number of amides is 3. The summed E-state index contributed by atoms with van der Waals surface area (Å²) in [7, 11) is 0. The van der Waals surface area contributed by atoms with Gasteiger partial charge < -0.3 is 20.3 Å². The largest absolute Gasteiger partial charge is 0.444 e. The smallest absolute Gasteiger partial charge is 0.407 e. The Labute approximate surface area is 197 Å². The van der Waals surface area contributed by atoms with Crippen LogP contribution in [0.1, 0.15) is 55.4 Å². The molecule has 1 aromatic heterocycles. The molecule has 0 unspecified atom stereocenters. The number of hydrogen-bond donors (Lipinski definition) is 2. The van der Waals surface area contributed by atoms with Gasteiger partial charge in [0.25, 0.3) is 5.91 Å². The first-order chi connectivity index (χ1) is 15.6. The van der Waals surface area contributed by atoms with Crippen LogP contribution in [0.3, 0.4) is 0 Å². The van der Waals surface area contributed by atoms with Crippen molar-refractivity contribution >= 4 is 29.5 Å². The van der Waals surface area contributed by atoms with E-state index in [1.54, 1.807) is 45.0 Å². The third-order valence-electron chi connectivity index (χ3n) is 5.02. The fraction of sp³-hybridized carbons (Fsp3) is 0.435. The average molecular weight is 474 g/mol. The van der Waals surface area contributed by atoms with Crippen LogP contribution in [0.2, 0.25) is 5.02 Å². The van der Waals surface area contributed by atoms with E-state index in [1.165, 1.54) is 17.3 Å². The van der Waals surface area contributed by atoms with Gasteiger partial charge in [-0.05, 0) is 62.9 Å². The van der Waals surface area contributed by atoms with Crippen molar-refractivity contribution in [1.29, 1.82) is 0 Å². The van der Waals surface area contributed by atoms with Crippen molar-refractivity contribution in [3.05, 3.63) is 58.6 Å². The molecule has 176 valence electrons. The maximum atomic E-state index is 12.9. The van der Waals surface area contributed by atoms with Gasteiger partial charge >= 0.3 is 6.09 Å². The molecule has 3 amide bonds. The summed E-state index contributed by atoms with van der Waals surface area (Å²) in [6.07, 6.45) is 3.75. The zero-order valence-electron chi connectivity index (χ0n) is 18.9. The predicted octanol–water partition coefficient (Wildman–Crippen LogP) is 3.08. The number of carbonyl (C=O) groups is 3. The number of aromatic nitrogens is 2. The highest BCUT2D eigenvalue weighted by Crippen LogP contribution is 2.21. The van der Waals surface area contributed by atoms with E-state index in [2.05, 4.69) is 20.6 Å². The minimum Gasteiger partial charge on any atom is -0.444 e. The molecule has 3 rings (SSSR count). The first-order valence-corrected chi connectivity index (χ1v) is 11.1. The zero-order chi connectivity index (χ0) is 24.0. The van der Waals surface area contributed by atoms with Gasteiger partial charge in [-0.2, -0.15) is 0 Å². The summed E-state index contributed by atoms with van der Waals surface area (Å²) < 4.78 is 5.27. The first kappa shape index (κ1) is 24.4. The molecular formula is C23H28ClN5O4. The van der Waals surface area contributed by atoms with Gasteiger partial charge in [-0.3, -0.25) is 9.59 Å². The van der Waals surface area contributed by atoms with Gasteiger partial charge in [-0.1, -0.05) is 17.7 Å². The molecule has 0 radical (unpaired) electrons. The number of likely N-dealkylation sites (tertiary alicyclic amines) is 1. The third kappa shape index (κ3) is 6.89. The number of nitrogens with zero attached hydrogens (tertiary/aromatic N) is 3. The molecule has 10 heteroatoms. The van der Waals surface area contributed by atoms with Crippen molar-refractivity contribution in [2.75, 3.05) is 6.54 Å². The van der Waals surface area contributed by atoms with Crippen molar-refractivity contribution in [3.63, 3.8) is 0 Å². The highest BCUT2D eigenvalue weighted by Gasteiger charge is 2.35. The number of nitrogens with one attached hydrogen (secondary N) is 2. The number of hydrogen-bond acceptors (Lipinski definition) is 6. The van der Waals surface area contributed by atoms with E-state index in [4.69, 9.17) is 16.3 Å². The van der Waals surface area contributed by atoms with E-state index in [-0.39, 0.29) is 30.7 Å².